The fraction of sp³-hybridized carbons (Fsp3) is 0.368. The maximum absolute atomic E-state index is 13.0. The summed E-state index contributed by atoms with van der Waals surface area (Å²) in [6.07, 6.45) is -4.35. The highest BCUT2D eigenvalue weighted by molar-refractivity contribution is 5.29. The van der Waals surface area contributed by atoms with Crippen LogP contribution >= 0.6 is 0 Å². The van der Waals surface area contributed by atoms with Gasteiger partial charge in [-0.1, -0.05) is 48.5 Å². The van der Waals surface area contributed by atoms with Gasteiger partial charge in [0.25, 0.3) is 0 Å². The van der Waals surface area contributed by atoms with Crippen LogP contribution in [0.5, 0.6) is 0 Å². The van der Waals surface area contributed by atoms with Crippen molar-refractivity contribution in [3.63, 3.8) is 0 Å². The van der Waals surface area contributed by atoms with E-state index in [0.29, 0.717) is 12.5 Å². The first-order chi connectivity index (χ1) is 11.6. The van der Waals surface area contributed by atoms with Crippen LogP contribution in [0, 0.1) is 5.92 Å². The van der Waals surface area contributed by atoms with Crippen LogP contribution in [0.4, 0.5) is 13.2 Å². The highest BCUT2D eigenvalue weighted by Crippen LogP contribution is 2.33. The fourth-order valence-corrected chi connectivity index (χ4v) is 3.24. The molecule has 0 unspecified atom stereocenters. The Morgan fingerprint density at radius 3 is 2.42 bits per heavy atom. The third-order valence-corrected chi connectivity index (χ3v) is 4.48. The molecular weight excluding hydrogens is 315 g/mol. The molecule has 0 aliphatic carbocycles. The second-order valence-electron chi connectivity index (χ2n) is 6.11. The average Bonchev–Trinajstić information content (AvgIpc) is 3.04. The predicted molar refractivity (Wildman–Crippen MR) is 86.6 cm³/mol. The Morgan fingerprint density at radius 2 is 1.67 bits per heavy atom. The van der Waals surface area contributed by atoms with E-state index < -0.39 is 11.7 Å². The van der Waals surface area contributed by atoms with Gasteiger partial charge in [0.2, 0.25) is 0 Å². The summed E-state index contributed by atoms with van der Waals surface area (Å²) in [6.45, 7) is 2.12. The number of rotatable bonds is 5. The highest BCUT2D eigenvalue weighted by Gasteiger charge is 2.33. The van der Waals surface area contributed by atoms with Crippen LogP contribution in [0.1, 0.15) is 22.6 Å². The number of hydrogen-bond donors (Lipinski definition) is 1. The van der Waals surface area contributed by atoms with Crippen LogP contribution in [-0.4, -0.2) is 19.7 Å². The zero-order chi connectivity index (χ0) is 17.0. The molecule has 1 aliphatic rings. The first-order valence-electron chi connectivity index (χ1n) is 8.04. The molecule has 1 heterocycles. The monoisotopic (exact) mass is 335 g/mol. The molecule has 5 heteroatoms. The lowest BCUT2D eigenvalue weighted by molar-refractivity contribution is -0.139. The van der Waals surface area contributed by atoms with E-state index >= 15 is 0 Å². The van der Waals surface area contributed by atoms with Gasteiger partial charge in [0.15, 0.2) is 0 Å². The van der Waals surface area contributed by atoms with E-state index in [1.807, 2.05) is 18.2 Å². The van der Waals surface area contributed by atoms with Crippen molar-refractivity contribution in [2.24, 2.45) is 5.92 Å². The van der Waals surface area contributed by atoms with Crippen molar-refractivity contribution in [1.29, 1.82) is 0 Å². The third-order valence-electron chi connectivity index (χ3n) is 4.48. The fourth-order valence-electron chi connectivity index (χ4n) is 3.24. The van der Waals surface area contributed by atoms with Gasteiger partial charge in [-0.05, 0) is 17.2 Å². The van der Waals surface area contributed by atoms with Gasteiger partial charge in [0, 0.05) is 24.9 Å². The molecule has 0 bridgehead atoms. The molecule has 1 fully saturated rings. The predicted octanol–water partition coefficient (Wildman–Crippen LogP) is 4.23. The van der Waals surface area contributed by atoms with Crippen molar-refractivity contribution in [2.45, 2.75) is 18.7 Å². The summed E-state index contributed by atoms with van der Waals surface area (Å²) in [5, 5.41) is 3.35. The van der Waals surface area contributed by atoms with Crippen molar-refractivity contribution in [2.75, 3.05) is 19.7 Å². The smallest absolute Gasteiger partial charge is 0.376 e. The lowest BCUT2D eigenvalue weighted by Gasteiger charge is -2.19. The van der Waals surface area contributed by atoms with Gasteiger partial charge < -0.3 is 10.1 Å². The Kier molecular flexibility index (Phi) is 5.21. The van der Waals surface area contributed by atoms with E-state index in [0.717, 1.165) is 19.2 Å². The standard InChI is InChI=1S/C19H20F3NO/c20-19(21,22)18-9-5-4-8-15(18)12-24-13-16-10-23-11-17(16)14-6-2-1-3-7-14/h1-9,16-17,23H,10-13H2/t16-,17-/m1/s1. The van der Waals surface area contributed by atoms with Crippen molar-refractivity contribution in [3.8, 4) is 0 Å². The van der Waals surface area contributed by atoms with Crippen LogP contribution in [-0.2, 0) is 17.5 Å². The van der Waals surface area contributed by atoms with E-state index in [1.165, 1.54) is 17.7 Å². The molecule has 2 nitrogen and oxygen atoms in total. The summed E-state index contributed by atoms with van der Waals surface area (Å²) in [7, 11) is 0. The summed E-state index contributed by atoms with van der Waals surface area (Å²) in [4.78, 5) is 0. The van der Waals surface area contributed by atoms with E-state index in [4.69, 9.17) is 4.74 Å². The quantitative estimate of drug-likeness (QED) is 0.883. The zero-order valence-corrected chi connectivity index (χ0v) is 13.2. The third kappa shape index (κ3) is 3.97. The maximum atomic E-state index is 13.0. The molecule has 3 rings (SSSR count). The molecular formula is C19H20F3NO. The molecule has 0 saturated carbocycles. The summed E-state index contributed by atoms with van der Waals surface area (Å²) in [5.41, 5.74) is 0.813. The summed E-state index contributed by atoms with van der Waals surface area (Å²) in [6, 6.07) is 15.7. The molecule has 0 spiro atoms. The van der Waals surface area contributed by atoms with Gasteiger partial charge in [-0.2, -0.15) is 13.2 Å². The largest absolute Gasteiger partial charge is 0.416 e. The molecule has 2 atom stereocenters. The topological polar surface area (TPSA) is 21.3 Å². The number of ether oxygens (including phenoxy) is 1. The Morgan fingerprint density at radius 1 is 0.958 bits per heavy atom. The minimum atomic E-state index is -4.35. The first-order valence-corrected chi connectivity index (χ1v) is 8.04. The molecule has 1 N–H and O–H groups in total. The molecule has 1 aliphatic heterocycles. The van der Waals surface area contributed by atoms with Gasteiger partial charge in [-0.25, -0.2) is 0 Å². The van der Waals surface area contributed by atoms with Crippen molar-refractivity contribution >= 4 is 0 Å². The number of alkyl halides is 3. The van der Waals surface area contributed by atoms with E-state index in [2.05, 4.69) is 17.4 Å². The first kappa shape index (κ1) is 17.0. The summed E-state index contributed by atoms with van der Waals surface area (Å²) < 4.78 is 44.6. The van der Waals surface area contributed by atoms with Gasteiger partial charge in [-0.15, -0.1) is 0 Å². The zero-order valence-electron chi connectivity index (χ0n) is 13.2. The molecule has 0 aromatic heterocycles. The van der Waals surface area contributed by atoms with Crippen molar-refractivity contribution in [1.82, 2.24) is 5.32 Å². The average molecular weight is 335 g/mol. The molecule has 128 valence electrons. The normalized spacial score (nSPS) is 21.1. The summed E-state index contributed by atoms with van der Waals surface area (Å²) >= 11 is 0. The van der Waals surface area contributed by atoms with Gasteiger partial charge in [0.1, 0.15) is 0 Å². The Bertz CT molecular complexity index is 657. The number of nitrogens with one attached hydrogen (secondary N) is 1. The van der Waals surface area contributed by atoms with E-state index in [9.17, 15) is 13.2 Å². The van der Waals surface area contributed by atoms with Crippen LogP contribution in [0.2, 0.25) is 0 Å². The number of hydrogen-bond acceptors (Lipinski definition) is 2. The van der Waals surface area contributed by atoms with Crippen molar-refractivity contribution < 1.29 is 17.9 Å². The lowest BCUT2D eigenvalue weighted by atomic mass is 9.89. The van der Waals surface area contributed by atoms with E-state index in [-0.39, 0.29) is 18.1 Å². The minimum absolute atomic E-state index is 0.0201. The van der Waals surface area contributed by atoms with Gasteiger partial charge in [0.05, 0.1) is 18.8 Å². The minimum Gasteiger partial charge on any atom is -0.376 e. The highest BCUT2D eigenvalue weighted by atomic mass is 19.4. The summed E-state index contributed by atoms with van der Waals surface area (Å²) in [5.74, 6) is 0.606. The van der Waals surface area contributed by atoms with Crippen LogP contribution in [0.15, 0.2) is 54.6 Å². The van der Waals surface area contributed by atoms with Crippen LogP contribution in [0.25, 0.3) is 0 Å². The lowest BCUT2D eigenvalue weighted by Crippen LogP contribution is -2.18. The van der Waals surface area contributed by atoms with Gasteiger partial charge in [-0.3, -0.25) is 0 Å². The van der Waals surface area contributed by atoms with E-state index in [1.54, 1.807) is 6.07 Å². The van der Waals surface area contributed by atoms with Gasteiger partial charge >= 0.3 is 6.18 Å². The second-order valence-corrected chi connectivity index (χ2v) is 6.11. The molecule has 0 radical (unpaired) electrons. The van der Waals surface area contributed by atoms with Crippen LogP contribution in [0.3, 0.4) is 0 Å². The Balaban J connectivity index is 1.61. The Hall–Kier alpha value is -1.85. The molecule has 0 amide bonds. The number of benzene rings is 2. The molecule has 2 aromatic carbocycles. The Labute approximate surface area is 139 Å². The molecule has 2 aromatic rings. The van der Waals surface area contributed by atoms with Crippen LogP contribution < -0.4 is 5.32 Å². The number of halogens is 3. The SMILES string of the molecule is FC(F)(F)c1ccccc1COC[C@H]1CNC[C@@H]1c1ccccc1. The van der Waals surface area contributed by atoms with Crippen molar-refractivity contribution in [3.05, 3.63) is 71.3 Å². The molecule has 24 heavy (non-hydrogen) atoms. The maximum Gasteiger partial charge on any atom is 0.416 e. The molecule has 1 saturated heterocycles. The second kappa shape index (κ2) is 7.36.